The average molecular weight is 225 g/mol. The quantitative estimate of drug-likeness (QED) is 0.422. The van der Waals surface area contributed by atoms with Crippen molar-refractivity contribution in [1.29, 1.82) is 0 Å². The van der Waals surface area contributed by atoms with Gasteiger partial charge >= 0.3 is 13.6 Å². The molecule has 0 saturated heterocycles. The van der Waals surface area contributed by atoms with Crippen molar-refractivity contribution in [2.45, 2.75) is 18.9 Å². The highest BCUT2D eigenvalue weighted by Crippen LogP contribution is 2.34. The summed E-state index contributed by atoms with van der Waals surface area (Å²) >= 11 is 0. The highest BCUT2D eigenvalue weighted by atomic mass is 31.2. The van der Waals surface area contributed by atoms with E-state index < -0.39 is 31.6 Å². The summed E-state index contributed by atoms with van der Waals surface area (Å²) in [5.41, 5.74) is 5.08. The Morgan fingerprint density at radius 2 is 1.86 bits per heavy atom. The predicted octanol–water partition coefficient (Wildman–Crippen LogP) is -1.07. The number of ketones is 1. The standard InChI is InChI=1S/C6H12NO6P/c7-5(6(9)10)2-1-4(8)3-14(11,12)13/h5H,1-3,7H2,(H,9,10)(H2,11,12,13)/t5-/m0/s1. The van der Waals surface area contributed by atoms with Crippen LogP contribution >= 0.6 is 7.60 Å². The molecule has 0 spiro atoms. The summed E-state index contributed by atoms with van der Waals surface area (Å²) in [5.74, 6) is -1.93. The molecule has 0 amide bonds. The van der Waals surface area contributed by atoms with Crippen molar-refractivity contribution in [2.75, 3.05) is 6.16 Å². The number of Topliss-reactive ketones (excluding diaryl/α,β-unsaturated/α-hetero) is 1. The van der Waals surface area contributed by atoms with E-state index in [9.17, 15) is 14.2 Å². The SMILES string of the molecule is N[C@@H](CCC(=O)CP(=O)(O)O)C(=O)O. The maximum absolute atomic E-state index is 10.8. The lowest BCUT2D eigenvalue weighted by molar-refractivity contribution is -0.138. The van der Waals surface area contributed by atoms with Crippen molar-refractivity contribution in [3.8, 4) is 0 Å². The summed E-state index contributed by atoms with van der Waals surface area (Å²) in [6.45, 7) is 0. The number of aliphatic carboxylic acids is 1. The van der Waals surface area contributed by atoms with Crippen molar-refractivity contribution in [1.82, 2.24) is 0 Å². The summed E-state index contributed by atoms with van der Waals surface area (Å²) in [6.07, 6.45) is -1.22. The topological polar surface area (TPSA) is 138 Å². The number of carboxylic acids is 1. The molecule has 0 rings (SSSR count). The highest BCUT2D eigenvalue weighted by Gasteiger charge is 2.20. The molecule has 0 aliphatic carbocycles. The maximum Gasteiger partial charge on any atom is 0.332 e. The van der Waals surface area contributed by atoms with Crippen LogP contribution in [0.4, 0.5) is 0 Å². The average Bonchev–Trinajstić information content (AvgIpc) is 1.96. The third-order valence-electron chi connectivity index (χ3n) is 1.43. The summed E-state index contributed by atoms with van der Waals surface area (Å²) in [4.78, 5) is 37.9. The molecule has 0 heterocycles. The van der Waals surface area contributed by atoms with Gasteiger partial charge in [-0.15, -0.1) is 0 Å². The summed E-state index contributed by atoms with van der Waals surface area (Å²) in [6, 6.07) is -1.17. The Morgan fingerprint density at radius 1 is 1.36 bits per heavy atom. The second-order valence-corrected chi connectivity index (χ2v) is 4.49. The zero-order chi connectivity index (χ0) is 11.4. The lowest BCUT2D eigenvalue weighted by Gasteiger charge is -2.05. The Bertz CT molecular complexity index is 271. The van der Waals surface area contributed by atoms with Gasteiger partial charge in [0.05, 0.1) is 0 Å². The van der Waals surface area contributed by atoms with Gasteiger partial charge in [0.25, 0.3) is 0 Å². The van der Waals surface area contributed by atoms with Gasteiger partial charge in [-0.3, -0.25) is 14.2 Å². The molecular weight excluding hydrogens is 213 g/mol. The number of rotatable bonds is 6. The zero-order valence-corrected chi connectivity index (χ0v) is 8.18. The monoisotopic (exact) mass is 225 g/mol. The van der Waals surface area contributed by atoms with Crippen LogP contribution in [0, 0.1) is 0 Å². The summed E-state index contributed by atoms with van der Waals surface area (Å²) in [5, 5.41) is 8.34. The van der Waals surface area contributed by atoms with Gasteiger partial charge in [0.1, 0.15) is 18.0 Å². The lowest BCUT2D eigenvalue weighted by Crippen LogP contribution is -2.30. The molecule has 8 heteroatoms. The molecule has 0 unspecified atom stereocenters. The minimum absolute atomic E-state index is 0.117. The molecule has 0 aliphatic heterocycles. The molecule has 0 saturated carbocycles. The van der Waals surface area contributed by atoms with Gasteiger partial charge in [0.2, 0.25) is 0 Å². The van der Waals surface area contributed by atoms with Crippen LogP contribution < -0.4 is 5.73 Å². The van der Waals surface area contributed by atoms with E-state index in [1.165, 1.54) is 0 Å². The Morgan fingerprint density at radius 3 is 2.21 bits per heavy atom. The molecule has 0 aromatic rings. The number of carboxylic acid groups (broad SMARTS) is 1. The number of hydrogen-bond donors (Lipinski definition) is 4. The van der Waals surface area contributed by atoms with E-state index in [4.69, 9.17) is 20.6 Å². The van der Waals surface area contributed by atoms with Crippen LogP contribution in [0.2, 0.25) is 0 Å². The van der Waals surface area contributed by atoms with Crippen LogP contribution in [0.3, 0.4) is 0 Å². The molecule has 0 radical (unpaired) electrons. The van der Waals surface area contributed by atoms with Crippen molar-refractivity contribution in [2.24, 2.45) is 5.73 Å². The van der Waals surface area contributed by atoms with E-state index in [0.29, 0.717) is 0 Å². The van der Waals surface area contributed by atoms with Gasteiger partial charge in [0, 0.05) is 6.42 Å². The first-order valence-corrected chi connectivity index (χ1v) is 5.57. The zero-order valence-electron chi connectivity index (χ0n) is 7.29. The van der Waals surface area contributed by atoms with Gasteiger partial charge < -0.3 is 20.6 Å². The largest absolute Gasteiger partial charge is 0.480 e. The molecule has 82 valence electrons. The molecule has 0 aromatic heterocycles. The second-order valence-electron chi connectivity index (χ2n) is 2.84. The van der Waals surface area contributed by atoms with E-state index in [1.54, 1.807) is 0 Å². The molecule has 14 heavy (non-hydrogen) atoms. The van der Waals surface area contributed by atoms with Crippen LogP contribution in [-0.4, -0.2) is 38.8 Å². The van der Waals surface area contributed by atoms with Crippen molar-refractivity contribution in [3.05, 3.63) is 0 Å². The number of nitrogens with two attached hydrogens (primary N) is 1. The lowest BCUT2D eigenvalue weighted by atomic mass is 10.1. The third-order valence-corrected chi connectivity index (χ3v) is 2.20. The minimum Gasteiger partial charge on any atom is -0.480 e. The Kier molecular flexibility index (Phi) is 4.93. The van der Waals surface area contributed by atoms with Crippen molar-refractivity contribution < 1.29 is 29.0 Å². The van der Waals surface area contributed by atoms with Crippen LogP contribution in [0.5, 0.6) is 0 Å². The fourth-order valence-electron chi connectivity index (χ4n) is 0.749. The fraction of sp³-hybridized carbons (Fsp3) is 0.667. The van der Waals surface area contributed by atoms with E-state index in [-0.39, 0.29) is 12.8 Å². The van der Waals surface area contributed by atoms with Gasteiger partial charge in [-0.25, -0.2) is 0 Å². The molecule has 5 N–H and O–H groups in total. The maximum atomic E-state index is 10.8. The van der Waals surface area contributed by atoms with Crippen LogP contribution in [0.1, 0.15) is 12.8 Å². The summed E-state index contributed by atoms with van der Waals surface area (Å²) < 4.78 is 10.3. The third kappa shape index (κ3) is 6.73. The summed E-state index contributed by atoms with van der Waals surface area (Å²) in [7, 11) is -4.34. The van der Waals surface area contributed by atoms with Gasteiger partial charge in [0.15, 0.2) is 0 Å². The fourth-order valence-corrected chi connectivity index (χ4v) is 1.37. The van der Waals surface area contributed by atoms with E-state index in [0.717, 1.165) is 0 Å². The molecule has 0 fully saturated rings. The van der Waals surface area contributed by atoms with Gasteiger partial charge in [-0.1, -0.05) is 0 Å². The first-order valence-electron chi connectivity index (χ1n) is 3.77. The predicted molar refractivity (Wildman–Crippen MR) is 46.8 cm³/mol. The minimum atomic E-state index is -4.34. The molecule has 0 aromatic carbocycles. The first-order chi connectivity index (χ1) is 6.22. The van der Waals surface area contributed by atoms with E-state index in [2.05, 4.69) is 0 Å². The Hall–Kier alpha value is -0.750. The Balaban J connectivity index is 3.87. The number of hydrogen-bond acceptors (Lipinski definition) is 4. The molecule has 0 bridgehead atoms. The van der Waals surface area contributed by atoms with E-state index in [1.807, 2.05) is 0 Å². The number of carbonyl (C=O) groups is 2. The molecular formula is C6H12NO6P. The second kappa shape index (κ2) is 5.21. The molecule has 0 aliphatic rings. The first kappa shape index (κ1) is 13.2. The number of carbonyl (C=O) groups excluding carboxylic acids is 1. The van der Waals surface area contributed by atoms with Crippen molar-refractivity contribution >= 4 is 19.3 Å². The molecule has 7 nitrogen and oxygen atoms in total. The van der Waals surface area contributed by atoms with Gasteiger partial charge in [-0.05, 0) is 6.42 Å². The Labute approximate surface area is 80.1 Å². The smallest absolute Gasteiger partial charge is 0.332 e. The normalized spacial score (nSPS) is 13.6. The van der Waals surface area contributed by atoms with Crippen LogP contribution in [0.15, 0.2) is 0 Å². The van der Waals surface area contributed by atoms with Crippen molar-refractivity contribution in [3.63, 3.8) is 0 Å². The van der Waals surface area contributed by atoms with Crippen LogP contribution in [0.25, 0.3) is 0 Å². The molecule has 1 atom stereocenters. The van der Waals surface area contributed by atoms with E-state index >= 15 is 0 Å². The van der Waals surface area contributed by atoms with Crippen LogP contribution in [-0.2, 0) is 14.2 Å². The van der Waals surface area contributed by atoms with Gasteiger partial charge in [-0.2, -0.15) is 0 Å². The highest BCUT2D eigenvalue weighted by molar-refractivity contribution is 7.52.